The van der Waals surface area contributed by atoms with Gasteiger partial charge in [0.05, 0.1) is 24.5 Å². The van der Waals surface area contributed by atoms with Crippen molar-refractivity contribution in [1.82, 2.24) is 19.4 Å². The van der Waals surface area contributed by atoms with Gasteiger partial charge in [-0.3, -0.25) is 9.78 Å². The van der Waals surface area contributed by atoms with Crippen molar-refractivity contribution < 1.29 is 9.53 Å². The third-order valence-electron chi connectivity index (χ3n) is 4.34. The molecule has 1 amide bonds. The maximum absolute atomic E-state index is 13.1. The molecule has 0 bridgehead atoms. The zero-order valence-electron chi connectivity index (χ0n) is 13.7. The Morgan fingerprint density at radius 3 is 2.88 bits per heavy atom. The molecule has 6 nitrogen and oxygen atoms in total. The van der Waals surface area contributed by atoms with Gasteiger partial charge in [-0.2, -0.15) is 0 Å². The van der Waals surface area contributed by atoms with Gasteiger partial charge in [0.25, 0.3) is 5.91 Å². The summed E-state index contributed by atoms with van der Waals surface area (Å²) in [5.41, 5.74) is 1.59. The van der Waals surface area contributed by atoms with Crippen LogP contribution in [0.3, 0.4) is 0 Å². The fourth-order valence-corrected chi connectivity index (χ4v) is 3.05. The molecule has 0 radical (unpaired) electrons. The van der Waals surface area contributed by atoms with Crippen LogP contribution in [0.1, 0.15) is 15.9 Å². The summed E-state index contributed by atoms with van der Waals surface area (Å²) in [7, 11) is 0. The lowest BCUT2D eigenvalue weighted by Crippen LogP contribution is -2.44. The predicted octanol–water partition coefficient (Wildman–Crippen LogP) is 2.38. The highest BCUT2D eigenvalue weighted by Gasteiger charge is 2.29. The Morgan fingerprint density at radius 2 is 2.08 bits per heavy atom. The van der Waals surface area contributed by atoms with Crippen LogP contribution in [0.25, 0.3) is 0 Å². The molecule has 0 saturated carbocycles. The zero-order chi connectivity index (χ0) is 17.1. The van der Waals surface area contributed by atoms with Crippen molar-refractivity contribution in [2.24, 2.45) is 0 Å². The third kappa shape index (κ3) is 3.24. The van der Waals surface area contributed by atoms with Crippen molar-refractivity contribution in [3.8, 4) is 5.75 Å². The Hall–Kier alpha value is -3.15. The molecular formula is C19H18N4O2. The van der Waals surface area contributed by atoms with Crippen LogP contribution >= 0.6 is 0 Å². The maximum atomic E-state index is 13.1. The van der Waals surface area contributed by atoms with Crippen molar-refractivity contribution in [2.45, 2.75) is 19.1 Å². The molecule has 2 aromatic heterocycles. The van der Waals surface area contributed by atoms with E-state index in [4.69, 9.17) is 4.74 Å². The number of imidazole rings is 1. The number of para-hydroxylation sites is 1. The van der Waals surface area contributed by atoms with Crippen LogP contribution in [-0.4, -0.2) is 38.0 Å². The van der Waals surface area contributed by atoms with Crippen LogP contribution in [0.2, 0.25) is 0 Å². The Morgan fingerprint density at radius 1 is 1.16 bits per heavy atom. The minimum absolute atomic E-state index is 0.0430. The zero-order valence-corrected chi connectivity index (χ0v) is 13.7. The van der Waals surface area contributed by atoms with Crippen molar-refractivity contribution in [3.63, 3.8) is 0 Å². The smallest absolute Gasteiger partial charge is 0.256 e. The number of carbonyl (C=O) groups excluding carboxylic acids is 1. The van der Waals surface area contributed by atoms with Crippen molar-refractivity contribution in [3.05, 3.63) is 78.6 Å². The minimum atomic E-state index is -0.102. The monoisotopic (exact) mass is 334 g/mol. The second kappa shape index (κ2) is 6.76. The maximum Gasteiger partial charge on any atom is 0.256 e. The fraction of sp³-hybridized carbons (Fsp3) is 0.211. The summed E-state index contributed by atoms with van der Waals surface area (Å²) in [5, 5.41) is 0. The number of hydrogen-bond donors (Lipinski definition) is 0. The third-order valence-corrected chi connectivity index (χ3v) is 4.34. The van der Waals surface area contributed by atoms with Crippen molar-refractivity contribution in [2.75, 3.05) is 6.61 Å². The SMILES string of the molecule is O=C(c1cccnc1)N1Cc2ccccc2OC[C@@H]1Cn1ccnc1. The molecule has 0 unspecified atom stereocenters. The standard InChI is InChI=1S/C19H18N4O2/c24-19(15-5-3-7-20-10-15)23-11-16-4-1-2-6-18(16)25-13-17(23)12-22-9-8-21-14-22/h1-10,14,17H,11-13H2/t17-/m0/s1. The molecule has 0 saturated heterocycles. The van der Waals surface area contributed by atoms with E-state index in [9.17, 15) is 4.79 Å². The normalized spacial score (nSPS) is 16.6. The Bertz CT molecular complexity index is 849. The van der Waals surface area contributed by atoms with Gasteiger partial charge >= 0.3 is 0 Å². The lowest BCUT2D eigenvalue weighted by atomic mass is 10.1. The summed E-state index contributed by atoms with van der Waals surface area (Å²) < 4.78 is 7.95. The van der Waals surface area contributed by atoms with Gasteiger partial charge in [0.15, 0.2) is 0 Å². The summed E-state index contributed by atoms with van der Waals surface area (Å²) in [4.78, 5) is 23.1. The molecule has 25 heavy (non-hydrogen) atoms. The molecule has 1 aliphatic heterocycles. The largest absolute Gasteiger partial charge is 0.491 e. The molecule has 0 fully saturated rings. The summed E-state index contributed by atoms with van der Waals surface area (Å²) in [6.45, 7) is 1.56. The molecule has 0 N–H and O–H groups in total. The first-order valence-corrected chi connectivity index (χ1v) is 8.19. The second-order valence-electron chi connectivity index (χ2n) is 6.01. The van der Waals surface area contributed by atoms with E-state index in [2.05, 4.69) is 9.97 Å². The average Bonchev–Trinajstić information content (AvgIpc) is 3.10. The fourth-order valence-electron chi connectivity index (χ4n) is 3.05. The van der Waals surface area contributed by atoms with Crippen LogP contribution < -0.4 is 4.74 Å². The number of rotatable bonds is 3. The Balaban J connectivity index is 1.67. The summed E-state index contributed by atoms with van der Waals surface area (Å²) in [6.07, 6.45) is 8.66. The molecule has 1 aromatic carbocycles. The highest BCUT2D eigenvalue weighted by atomic mass is 16.5. The first-order chi connectivity index (χ1) is 12.3. The molecule has 6 heteroatoms. The number of benzene rings is 1. The molecule has 0 spiro atoms. The molecule has 1 aliphatic rings. The highest BCUT2D eigenvalue weighted by molar-refractivity contribution is 5.94. The number of aromatic nitrogens is 3. The molecule has 126 valence electrons. The lowest BCUT2D eigenvalue weighted by Gasteiger charge is -2.29. The van der Waals surface area contributed by atoms with E-state index in [-0.39, 0.29) is 11.9 Å². The predicted molar refractivity (Wildman–Crippen MR) is 92.1 cm³/mol. The molecule has 4 rings (SSSR count). The average molecular weight is 334 g/mol. The van der Waals surface area contributed by atoms with E-state index >= 15 is 0 Å². The van der Waals surface area contributed by atoms with Gasteiger partial charge in [-0.1, -0.05) is 18.2 Å². The summed E-state index contributed by atoms with van der Waals surface area (Å²) in [6, 6.07) is 11.3. The van der Waals surface area contributed by atoms with Gasteiger partial charge in [-0.05, 0) is 18.2 Å². The van der Waals surface area contributed by atoms with Crippen LogP contribution in [0.15, 0.2) is 67.5 Å². The quantitative estimate of drug-likeness (QED) is 0.738. The van der Waals surface area contributed by atoms with Crippen LogP contribution in [0.4, 0.5) is 0 Å². The molecule has 3 aromatic rings. The molecule has 3 heterocycles. The topological polar surface area (TPSA) is 60.3 Å². The first-order valence-electron chi connectivity index (χ1n) is 8.19. The molecule has 1 atom stereocenters. The highest BCUT2D eigenvalue weighted by Crippen LogP contribution is 2.26. The van der Waals surface area contributed by atoms with E-state index in [1.807, 2.05) is 39.9 Å². The van der Waals surface area contributed by atoms with Gasteiger partial charge in [-0.15, -0.1) is 0 Å². The van der Waals surface area contributed by atoms with Gasteiger partial charge in [0, 0.05) is 36.9 Å². The number of nitrogens with zero attached hydrogens (tertiary/aromatic N) is 4. The van der Waals surface area contributed by atoms with Gasteiger partial charge in [0.1, 0.15) is 12.4 Å². The first kappa shape index (κ1) is 15.4. The van der Waals surface area contributed by atoms with E-state index in [0.717, 1.165) is 11.3 Å². The van der Waals surface area contributed by atoms with Crippen LogP contribution in [-0.2, 0) is 13.1 Å². The Kier molecular flexibility index (Phi) is 4.16. The van der Waals surface area contributed by atoms with Gasteiger partial charge in [0.2, 0.25) is 0 Å². The minimum Gasteiger partial charge on any atom is -0.491 e. The van der Waals surface area contributed by atoms with Crippen LogP contribution in [0.5, 0.6) is 5.75 Å². The van der Waals surface area contributed by atoms with Gasteiger partial charge in [-0.25, -0.2) is 4.98 Å². The number of hydrogen-bond acceptors (Lipinski definition) is 4. The lowest BCUT2D eigenvalue weighted by molar-refractivity contribution is 0.0598. The molecule has 0 aliphatic carbocycles. The van der Waals surface area contributed by atoms with Crippen molar-refractivity contribution in [1.29, 1.82) is 0 Å². The summed E-state index contributed by atoms with van der Waals surface area (Å²) >= 11 is 0. The van der Waals surface area contributed by atoms with E-state index in [0.29, 0.717) is 25.3 Å². The Labute approximate surface area is 145 Å². The number of amides is 1. The van der Waals surface area contributed by atoms with Crippen molar-refractivity contribution >= 4 is 5.91 Å². The number of ether oxygens (including phenoxy) is 1. The number of carbonyl (C=O) groups is 1. The number of fused-ring (bicyclic) bond motifs is 1. The second-order valence-corrected chi connectivity index (χ2v) is 6.01. The summed E-state index contributed by atoms with van der Waals surface area (Å²) in [5.74, 6) is 0.790. The van der Waals surface area contributed by atoms with E-state index in [1.54, 1.807) is 37.1 Å². The number of pyridine rings is 1. The molecular weight excluding hydrogens is 316 g/mol. The van der Waals surface area contributed by atoms with Crippen LogP contribution in [0, 0.1) is 0 Å². The van der Waals surface area contributed by atoms with E-state index < -0.39 is 0 Å². The van der Waals surface area contributed by atoms with E-state index in [1.165, 1.54) is 0 Å². The van der Waals surface area contributed by atoms with Gasteiger partial charge < -0.3 is 14.2 Å².